The van der Waals surface area contributed by atoms with Gasteiger partial charge in [0.15, 0.2) is 17.2 Å². The van der Waals surface area contributed by atoms with Crippen LogP contribution in [0.25, 0.3) is 5.69 Å². The second-order valence-corrected chi connectivity index (χ2v) is 4.22. The van der Waals surface area contributed by atoms with E-state index in [4.69, 9.17) is 4.74 Å². The molecule has 104 valence electrons. The Kier molecular flexibility index (Phi) is 3.89. The van der Waals surface area contributed by atoms with Crippen LogP contribution in [0.4, 0.5) is 0 Å². The number of aromatic hydroxyl groups is 1. The predicted molar refractivity (Wildman–Crippen MR) is 73.4 cm³/mol. The molecule has 2 aromatic rings. The second kappa shape index (κ2) is 5.61. The molecule has 2 rings (SSSR count). The molecule has 1 N–H and O–H groups in total. The van der Waals surface area contributed by atoms with Crippen molar-refractivity contribution in [2.24, 2.45) is 0 Å². The van der Waals surface area contributed by atoms with E-state index in [2.05, 4.69) is 0 Å². The van der Waals surface area contributed by atoms with Crippen LogP contribution < -0.4 is 0 Å². The molecule has 1 aromatic heterocycles. The molecule has 1 heterocycles. The van der Waals surface area contributed by atoms with Crippen LogP contribution in [-0.4, -0.2) is 28.0 Å². The summed E-state index contributed by atoms with van der Waals surface area (Å²) in [4.78, 5) is 23.5. The molecule has 5 nitrogen and oxygen atoms in total. The Morgan fingerprint density at radius 3 is 2.45 bits per heavy atom. The van der Waals surface area contributed by atoms with Gasteiger partial charge in [-0.3, -0.25) is 4.79 Å². The van der Waals surface area contributed by atoms with Crippen molar-refractivity contribution in [2.75, 3.05) is 6.61 Å². The summed E-state index contributed by atoms with van der Waals surface area (Å²) in [5, 5.41) is 10.1. The lowest BCUT2D eigenvalue weighted by molar-refractivity contribution is 0.0513. The van der Waals surface area contributed by atoms with E-state index >= 15 is 0 Å². The molecular weight excluding hydrogens is 258 g/mol. The number of benzene rings is 1. The summed E-state index contributed by atoms with van der Waals surface area (Å²) in [5.41, 5.74) is 0.721. The van der Waals surface area contributed by atoms with Crippen molar-refractivity contribution in [3.05, 3.63) is 47.8 Å². The molecule has 0 aliphatic heterocycles. The first-order valence-corrected chi connectivity index (χ1v) is 6.24. The third-order valence-corrected chi connectivity index (χ3v) is 2.86. The molecule has 5 heteroatoms. The normalized spacial score (nSPS) is 10.3. The quantitative estimate of drug-likeness (QED) is 0.686. The Morgan fingerprint density at radius 2 is 1.90 bits per heavy atom. The summed E-state index contributed by atoms with van der Waals surface area (Å²) >= 11 is 0. The summed E-state index contributed by atoms with van der Waals surface area (Å²) in [6, 6.07) is 8.98. The first-order chi connectivity index (χ1) is 9.56. The van der Waals surface area contributed by atoms with Gasteiger partial charge in [0.05, 0.1) is 12.2 Å². The summed E-state index contributed by atoms with van der Waals surface area (Å²) in [5.74, 6) is -1.33. The van der Waals surface area contributed by atoms with Gasteiger partial charge in [-0.1, -0.05) is 18.2 Å². The molecule has 0 unspecified atom stereocenters. The minimum atomic E-state index is -0.665. The number of nitrogens with zero attached hydrogens (tertiary/aromatic N) is 1. The van der Waals surface area contributed by atoms with Crippen LogP contribution in [0, 0.1) is 0 Å². The van der Waals surface area contributed by atoms with Crippen molar-refractivity contribution in [1.29, 1.82) is 0 Å². The molecule has 0 aliphatic carbocycles. The van der Waals surface area contributed by atoms with Crippen molar-refractivity contribution in [1.82, 2.24) is 4.57 Å². The van der Waals surface area contributed by atoms with Gasteiger partial charge in [-0.05, 0) is 26.0 Å². The molecule has 0 bridgehead atoms. The van der Waals surface area contributed by atoms with Crippen LogP contribution in [0.15, 0.2) is 36.5 Å². The SMILES string of the molecule is CCOC(=O)c1c(O)c(C(C)=O)cn1-c1ccccc1. The van der Waals surface area contributed by atoms with Crippen molar-refractivity contribution < 1.29 is 19.4 Å². The Hall–Kier alpha value is -2.56. The number of para-hydroxylation sites is 1. The zero-order valence-electron chi connectivity index (χ0n) is 11.3. The number of esters is 1. The maximum absolute atomic E-state index is 12.0. The van der Waals surface area contributed by atoms with Crippen LogP contribution in [0.3, 0.4) is 0 Å². The largest absolute Gasteiger partial charge is 0.505 e. The van der Waals surface area contributed by atoms with Gasteiger partial charge < -0.3 is 14.4 Å². The fourth-order valence-corrected chi connectivity index (χ4v) is 1.94. The second-order valence-electron chi connectivity index (χ2n) is 4.22. The molecule has 0 spiro atoms. The van der Waals surface area contributed by atoms with Crippen molar-refractivity contribution in [3.8, 4) is 11.4 Å². The lowest BCUT2D eigenvalue weighted by atomic mass is 10.2. The molecule has 0 aliphatic rings. The first-order valence-electron chi connectivity index (χ1n) is 6.24. The van der Waals surface area contributed by atoms with Crippen molar-refractivity contribution in [2.45, 2.75) is 13.8 Å². The van der Waals surface area contributed by atoms with Gasteiger partial charge in [0.1, 0.15) is 0 Å². The zero-order valence-corrected chi connectivity index (χ0v) is 11.3. The number of carbonyl (C=O) groups excluding carboxylic acids is 2. The minimum absolute atomic E-state index is 0.0387. The maximum Gasteiger partial charge on any atom is 0.359 e. The topological polar surface area (TPSA) is 68.5 Å². The summed E-state index contributed by atoms with van der Waals surface area (Å²) in [6.45, 7) is 3.20. The number of aromatic nitrogens is 1. The number of ketones is 1. The summed E-state index contributed by atoms with van der Waals surface area (Å²) < 4.78 is 6.40. The van der Waals surface area contributed by atoms with E-state index in [0.717, 1.165) is 0 Å². The van der Waals surface area contributed by atoms with E-state index in [1.54, 1.807) is 31.2 Å². The third-order valence-electron chi connectivity index (χ3n) is 2.86. The van der Waals surface area contributed by atoms with E-state index in [1.165, 1.54) is 17.7 Å². The van der Waals surface area contributed by atoms with Crippen molar-refractivity contribution in [3.63, 3.8) is 0 Å². The lowest BCUT2D eigenvalue weighted by Gasteiger charge is -2.08. The number of rotatable bonds is 4. The maximum atomic E-state index is 12.0. The van der Waals surface area contributed by atoms with E-state index < -0.39 is 5.97 Å². The van der Waals surface area contributed by atoms with Gasteiger partial charge in [0.25, 0.3) is 0 Å². The molecule has 0 amide bonds. The zero-order chi connectivity index (χ0) is 14.7. The van der Waals surface area contributed by atoms with E-state index in [0.29, 0.717) is 5.69 Å². The van der Waals surface area contributed by atoms with Crippen molar-refractivity contribution >= 4 is 11.8 Å². The Bertz CT molecular complexity index is 643. The molecule has 0 fully saturated rings. The fraction of sp³-hybridized carbons (Fsp3) is 0.200. The Labute approximate surface area is 116 Å². The van der Waals surface area contributed by atoms with E-state index in [1.807, 2.05) is 6.07 Å². The number of ether oxygens (including phenoxy) is 1. The number of carbonyl (C=O) groups is 2. The van der Waals surface area contributed by atoms with Crippen LogP contribution >= 0.6 is 0 Å². The van der Waals surface area contributed by atoms with Gasteiger partial charge in [0.2, 0.25) is 0 Å². The van der Waals surface area contributed by atoms with Crippen LogP contribution in [0.2, 0.25) is 0 Å². The van der Waals surface area contributed by atoms with Gasteiger partial charge in [-0.2, -0.15) is 0 Å². The molecule has 0 atom stereocenters. The van der Waals surface area contributed by atoms with E-state index in [9.17, 15) is 14.7 Å². The predicted octanol–water partition coefficient (Wildman–Crippen LogP) is 2.56. The van der Waals surface area contributed by atoms with Gasteiger partial charge in [-0.25, -0.2) is 4.79 Å². The molecule has 20 heavy (non-hydrogen) atoms. The van der Waals surface area contributed by atoms with Crippen LogP contribution in [0.5, 0.6) is 5.75 Å². The Balaban J connectivity index is 2.63. The number of hydrogen-bond acceptors (Lipinski definition) is 4. The highest BCUT2D eigenvalue weighted by atomic mass is 16.5. The average molecular weight is 273 g/mol. The van der Waals surface area contributed by atoms with E-state index in [-0.39, 0.29) is 29.4 Å². The Morgan fingerprint density at radius 1 is 1.25 bits per heavy atom. The highest BCUT2D eigenvalue weighted by Crippen LogP contribution is 2.29. The first kappa shape index (κ1) is 13.9. The minimum Gasteiger partial charge on any atom is -0.505 e. The number of hydrogen-bond donors (Lipinski definition) is 1. The molecular formula is C15H15NO4. The summed E-state index contributed by atoms with van der Waals surface area (Å²) in [6.07, 6.45) is 1.44. The standard InChI is InChI=1S/C15H15NO4/c1-3-20-15(19)13-14(18)12(10(2)17)9-16(13)11-7-5-4-6-8-11/h4-9,18H,3H2,1-2H3. The highest BCUT2D eigenvalue weighted by molar-refractivity contribution is 6.02. The highest BCUT2D eigenvalue weighted by Gasteiger charge is 2.25. The molecule has 1 aromatic carbocycles. The van der Waals surface area contributed by atoms with Gasteiger partial charge in [0, 0.05) is 11.9 Å². The van der Waals surface area contributed by atoms with Gasteiger partial charge >= 0.3 is 5.97 Å². The fourth-order valence-electron chi connectivity index (χ4n) is 1.94. The number of Topliss-reactive ketones (excluding diaryl/α,β-unsaturated/α-hetero) is 1. The van der Waals surface area contributed by atoms with Crippen LogP contribution in [0.1, 0.15) is 34.7 Å². The monoisotopic (exact) mass is 273 g/mol. The molecule has 0 saturated carbocycles. The van der Waals surface area contributed by atoms with Gasteiger partial charge in [-0.15, -0.1) is 0 Å². The smallest absolute Gasteiger partial charge is 0.359 e. The average Bonchev–Trinajstić information content (AvgIpc) is 2.78. The summed E-state index contributed by atoms with van der Waals surface area (Å²) in [7, 11) is 0. The third kappa shape index (κ3) is 2.42. The molecule has 0 radical (unpaired) electrons. The van der Waals surface area contributed by atoms with Crippen LogP contribution in [-0.2, 0) is 4.74 Å². The molecule has 0 saturated heterocycles. The lowest BCUT2D eigenvalue weighted by Crippen LogP contribution is -2.10.